The summed E-state index contributed by atoms with van der Waals surface area (Å²) in [4.78, 5) is 12.4. The number of ether oxygens (including phenoxy) is 1. The van der Waals surface area contributed by atoms with Crippen LogP contribution >= 0.6 is 12.4 Å². The van der Waals surface area contributed by atoms with Gasteiger partial charge in [-0.2, -0.15) is 0 Å². The van der Waals surface area contributed by atoms with Crippen molar-refractivity contribution in [1.82, 2.24) is 10.6 Å². The minimum Gasteiger partial charge on any atom is -0.492 e. The lowest BCUT2D eigenvalue weighted by molar-refractivity contribution is -0.124. The Balaban J connectivity index is 0.00000264. The fraction of sp³-hybridized carbons (Fsp3) is 0.533. The molecular weight excluding hydrogens is 340 g/mol. The molecule has 1 fully saturated rings. The van der Waals surface area contributed by atoms with Crippen molar-refractivity contribution >= 4 is 28.2 Å². The molecular formula is C15H23ClN2O4S. The molecule has 1 aliphatic heterocycles. The number of amides is 1. The van der Waals surface area contributed by atoms with Crippen molar-refractivity contribution < 1.29 is 17.9 Å². The second kappa shape index (κ2) is 8.52. The third-order valence-corrected chi connectivity index (χ3v) is 5.95. The van der Waals surface area contributed by atoms with Crippen molar-refractivity contribution in [1.29, 1.82) is 0 Å². The van der Waals surface area contributed by atoms with Crippen LogP contribution in [0.25, 0.3) is 0 Å². The van der Waals surface area contributed by atoms with E-state index in [-0.39, 0.29) is 19.0 Å². The molecule has 0 unspecified atom stereocenters. The van der Waals surface area contributed by atoms with Crippen molar-refractivity contribution in [2.24, 2.45) is 0 Å². The van der Waals surface area contributed by atoms with E-state index in [1.54, 1.807) is 0 Å². The number of sulfone groups is 1. The summed E-state index contributed by atoms with van der Waals surface area (Å²) in [6, 6.07) is 9.27. The highest BCUT2D eigenvalue weighted by atomic mass is 35.5. The molecule has 0 aromatic heterocycles. The van der Waals surface area contributed by atoms with Crippen LogP contribution in [0.15, 0.2) is 30.3 Å². The Morgan fingerprint density at radius 2 is 1.87 bits per heavy atom. The number of para-hydroxylation sites is 1. The molecule has 1 aromatic carbocycles. The van der Waals surface area contributed by atoms with Gasteiger partial charge in [-0.25, -0.2) is 8.42 Å². The van der Waals surface area contributed by atoms with E-state index in [4.69, 9.17) is 4.74 Å². The first kappa shape index (κ1) is 19.7. The number of piperidine rings is 1. The number of halogens is 1. The maximum Gasteiger partial charge on any atom is 0.241 e. The molecule has 1 aromatic rings. The van der Waals surface area contributed by atoms with Crippen molar-refractivity contribution in [3.63, 3.8) is 0 Å². The van der Waals surface area contributed by atoms with E-state index in [1.807, 2.05) is 30.3 Å². The van der Waals surface area contributed by atoms with Gasteiger partial charge < -0.3 is 15.4 Å². The molecule has 0 aliphatic carbocycles. The van der Waals surface area contributed by atoms with Crippen LogP contribution in [0.1, 0.15) is 12.8 Å². The molecule has 0 spiro atoms. The van der Waals surface area contributed by atoms with Gasteiger partial charge in [0.25, 0.3) is 0 Å². The first-order valence-electron chi connectivity index (χ1n) is 7.32. The average Bonchev–Trinajstić information content (AvgIpc) is 2.52. The van der Waals surface area contributed by atoms with Gasteiger partial charge in [-0.15, -0.1) is 12.4 Å². The minimum atomic E-state index is -3.47. The molecule has 2 N–H and O–H groups in total. The predicted octanol–water partition coefficient (Wildman–Crippen LogP) is 0.770. The van der Waals surface area contributed by atoms with Gasteiger partial charge in [0.05, 0.1) is 6.54 Å². The first-order chi connectivity index (χ1) is 10.5. The zero-order valence-corrected chi connectivity index (χ0v) is 14.7. The molecule has 2 rings (SSSR count). The van der Waals surface area contributed by atoms with Crippen LogP contribution in [0.3, 0.4) is 0 Å². The van der Waals surface area contributed by atoms with Gasteiger partial charge in [-0.1, -0.05) is 18.2 Å². The van der Waals surface area contributed by atoms with E-state index in [1.165, 1.54) is 0 Å². The van der Waals surface area contributed by atoms with Crippen LogP contribution in [0.2, 0.25) is 0 Å². The van der Waals surface area contributed by atoms with Gasteiger partial charge in [0, 0.05) is 6.26 Å². The normalized spacial score (nSPS) is 16.9. The molecule has 0 radical (unpaired) electrons. The van der Waals surface area contributed by atoms with Crippen molar-refractivity contribution in [3.8, 4) is 5.75 Å². The Morgan fingerprint density at radius 1 is 1.26 bits per heavy atom. The number of nitrogens with one attached hydrogen (secondary N) is 2. The fourth-order valence-corrected chi connectivity index (χ4v) is 3.96. The average molecular weight is 363 g/mol. The number of carbonyl (C=O) groups excluding carboxylic acids is 1. The number of rotatable bonds is 6. The quantitative estimate of drug-likeness (QED) is 0.730. The smallest absolute Gasteiger partial charge is 0.241 e. The summed E-state index contributed by atoms with van der Waals surface area (Å²) in [6.45, 7) is 1.63. The summed E-state index contributed by atoms with van der Waals surface area (Å²) >= 11 is 0. The number of carbonyl (C=O) groups is 1. The topological polar surface area (TPSA) is 84.5 Å². The molecule has 23 heavy (non-hydrogen) atoms. The molecule has 0 bridgehead atoms. The Bertz CT molecular complexity index is 601. The Kier molecular flexibility index (Phi) is 7.31. The molecule has 1 aliphatic rings. The summed E-state index contributed by atoms with van der Waals surface area (Å²) in [5, 5.41) is 5.79. The van der Waals surface area contributed by atoms with E-state index in [0.717, 1.165) is 12.0 Å². The fourth-order valence-electron chi connectivity index (χ4n) is 2.61. The Morgan fingerprint density at radius 3 is 2.43 bits per heavy atom. The van der Waals surface area contributed by atoms with Gasteiger partial charge in [0.15, 0.2) is 14.6 Å². The highest BCUT2D eigenvalue weighted by molar-refractivity contribution is 7.92. The standard InChI is InChI=1S/C15H22N2O4S.ClH/c1-22(19,20)15(7-9-16-10-8-15)14(18)17-11-12-21-13-5-3-2-4-6-13;/h2-6,16H,7-12H2,1H3,(H,17,18);1H. The molecule has 1 heterocycles. The van der Waals surface area contributed by atoms with E-state index in [2.05, 4.69) is 10.6 Å². The zero-order valence-electron chi connectivity index (χ0n) is 13.1. The third-order valence-electron chi connectivity index (χ3n) is 3.93. The van der Waals surface area contributed by atoms with E-state index in [9.17, 15) is 13.2 Å². The van der Waals surface area contributed by atoms with Crippen molar-refractivity contribution in [2.75, 3.05) is 32.5 Å². The summed E-state index contributed by atoms with van der Waals surface area (Å²) in [6.07, 6.45) is 1.74. The minimum absolute atomic E-state index is 0. The van der Waals surface area contributed by atoms with Gasteiger partial charge in [-0.3, -0.25) is 4.79 Å². The Hall–Kier alpha value is -1.31. The number of hydrogen-bond donors (Lipinski definition) is 2. The molecule has 8 heteroatoms. The predicted molar refractivity (Wildman–Crippen MR) is 91.9 cm³/mol. The van der Waals surface area contributed by atoms with Gasteiger partial charge >= 0.3 is 0 Å². The Labute approximate surface area is 143 Å². The lowest BCUT2D eigenvalue weighted by Gasteiger charge is -2.34. The summed E-state index contributed by atoms with van der Waals surface area (Å²) in [5.41, 5.74) is 0. The lowest BCUT2D eigenvalue weighted by Crippen LogP contribution is -2.57. The molecule has 0 saturated carbocycles. The van der Waals surface area contributed by atoms with Gasteiger partial charge in [0.1, 0.15) is 12.4 Å². The van der Waals surface area contributed by atoms with Crippen LogP contribution in [-0.2, 0) is 14.6 Å². The maximum atomic E-state index is 12.4. The van der Waals surface area contributed by atoms with E-state index < -0.39 is 20.5 Å². The molecule has 6 nitrogen and oxygen atoms in total. The monoisotopic (exact) mass is 362 g/mol. The van der Waals surface area contributed by atoms with E-state index >= 15 is 0 Å². The summed E-state index contributed by atoms with van der Waals surface area (Å²) in [5.74, 6) is 0.296. The molecule has 1 saturated heterocycles. The largest absolute Gasteiger partial charge is 0.492 e. The van der Waals surface area contributed by atoms with E-state index in [0.29, 0.717) is 32.5 Å². The second-order valence-corrected chi connectivity index (χ2v) is 7.76. The van der Waals surface area contributed by atoms with Crippen molar-refractivity contribution in [3.05, 3.63) is 30.3 Å². The SMILES string of the molecule is CS(=O)(=O)C1(C(=O)NCCOc2ccccc2)CCNCC1.Cl. The molecule has 1 amide bonds. The van der Waals surface area contributed by atoms with Crippen molar-refractivity contribution in [2.45, 2.75) is 17.6 Å². The van der Waals surface area contributed by atoms with Crippen LogP contribution in [0.5, 0.6) is 5.75 Å². The number of benzene rings is 1. The highest BCUT2D eigenvalue weighted by Crippen LogP contribution is 2.27. The van der Waals surface area contributed by atoms with Crippen LogP contribution in [-0.4, -0.2) is 51.6 Å². The number of hydrogen-bond acceptors (Lipinski definition) is 5. The zero-order chi connectivity index (χ0) is 16.1. The van der Waals surface area contributed by atoms with Gasteiger partial charge in [0.2, 0.25) is 5.91 Å². The molecule has 130 valence electrons. The lowest BCUT2D eigenvalue weighted by atomic mass is 9.96. The third kappa shape index (κ3) is 4.83. The first-order valence-corrected chi connectivity index (χ1v) is 9.21. The van der Waals surface area contributed by atoms with Crippen LogP contribution < -0.4 is 15.4 Å². The summed E-state index contributed by atoms with van der Waals surface area (Å²) < 4.78 is 28.3. The van der Waals surface area contributed by atoms with Crippen LogP contribution in [0.4, 0.5) is 0 Å². The van der Waals surface area contributed by atoms with Gasteiger partial charge in [-0.05, 0) is 38.1 Å². The maximum absolute atomic E-state index is 12.4. The highest BCUT2D eigenvalue weighted by Gasteiger charge is 2.48. The second-order valence-electron chi connectivity index (χ2n) is 5.43. The van der Waals surface area contributed by atoms with Crippen LogP contribution in [0, 0.1) is 0 Å². The molecule has 0 atom stereocenters. The summed E-state index contributed by atoms with van der Waals surface area (Å²) in [7, 11) is -3.47.